The Hall–Kier alpha value is -1.40. The van der Waals surface area contributed by atoms with Gasteiger partial charge in [-0.3, -0.25) is 10.6 Å². The second kappa shape index (κ2) is 5.79. The molecule has 0 heterocycles. The summed E-state index contributed by atoms with van der Waals surface area (Å²) in [6.45, 7) is -0.643. The Morgan fingerprint density at radius 1 is 1.59 bits per heavy atom. The minimum absolute atomic E-state index is 0.156. The van der Waals surface area contributed by atoms with Crippen molar-refractivity contribution < 1.29 is 13.6 Å². The number of carbonyl (C=O) groups excluding carboxylic acids is 1. The quantitative estimate of drug-likeness (QED) is 0.645. The van der Waals surface area contributed by atoms with Crippen LogP contribution in [0.3, 0.4) is 0 Å². The summed E-state index contributed by atoms with van der Waals surface area (Å²) in [4.78, 5) is 12.8. The molecule has 0 saturated carbocycles. The van der Waals surface area contributed by atoms with E-state index in [0.717, 1.165) is 4.90 Å². The predicted molar refractivity (Wildman–Crippen MR) is 62.2 cm³/mol. The molecule has 0 saturated heterocycles. The fourth-order valence-electron chi connectivity index (χ4n) is 1.31. The van der Waals surface area contributed by atoms with E-state index in [2.05, 4.69) is 5.43 Å². The predicted octanol–water partition coefficient (Wildman–Crippen LogP) is 1.96. The van der Waals surface area contributed by atoms with E-state index < -0.39 is 18.9 Å². The van der Waals surface area contributed by atoms with Gasteiger partial charge in [-0.1, -0.05) is 11.6 Å². The van der Waals surface area contributed by atoms with E-state index in [1.54, 1.807) is 6.07 Å². The van der Waals surface area contributed by atoms with Crippen molar-refractivity contribution >= 4 is 23.2 Å². The number of nitrogen functional groups attached to an aromatic ring is 1. The maximum atomic E-state index is 12.2. The standard InChI is InChI=1S/C10H12ClF2N3O/c1-16(5-9(12)13)10(17)7-4-6(11)2-3-8(7)15-14/h2-4,9,15H,5,14H2,1H3. The summed E-state index contributed by atoms with van der Waals surface area (Å²) in [5, 5.41) is 0.331. The first-order valence-corrected chi connectivity index (χ1v) is 5.13. The molecule has 0 atom stereocenters. The second-order valence-electron chi connectivity index (χ2n) is 3.41. The number of hydrazine groups is 1. The average molecular weight is 264 g/mol. The molecule has 0 aromatic heterocycles. The first kappa shape index (κ1) is 13.7. The smallest absolute Gasteiger partial charge is 0.255 e. The number of benzene rings is 1. The number of halogens is 3. The lowest BCUT2D eigenvalue weighted by Gasteiger charge is -2.18. The van der Waals surface area contributed by atoms with Crippen LogP contribution < -0.4 is 11.3 Å². The van der Waals surface area contributed by atoms with Crippen molar-refractivity contribution in [2.45, 2.75) is 6.43 Å². The van der Waals surface area contributed by atoms with Gasteiger partial charge >= 0.3 is 0 Å². The lowest BCUT2D eigenvalue weighted by Crippen LogP contribution is -2.32. The zero-order valence-electron chi connectivity index (χ0n) is 9.08. The zero-order valence-corrected chi connectivity index (χ0v) is 9.84. The molecule has 0 fully saturated rings. The summed E-state index contributed by atoms with van der Waals surface area (Å²) in [5.41, 5.74) is 2.81. The Bertz CT molecular complexity index is 415. The van der Waals surface area contributed by atoms with Crippen molar-refractivity contribution in [3.05, 3.63) is 28.8 Å². The Balaban J connectivity index is 2.98. The molecule has 0 aliphatic heterocycles. The van der Waals surface area contributed by atoms with Crippen LogP contribution in [0.5, 0.6) is 0 Å². The number of rotatable bonds is 4. The fourth-order valence-corrected chi connectivity index (χ4v) is 1.49. The van der Waals surface area contributed by atoms with Gasteiger partial charge in [-0.05, 0) is 18.2 Å². The third-order valence-electron chi connectivity index (χ3n) is 2.13. The van der Waals surface area contributed by atoms with Gasteiger partial charge in [0.1, 0.15) is 0 Å². The van der Waals surface area contributed by atoms with Gasteiger partial charge < -0.3 is 10.3 Å². The number of anilines is 1. The van der Waals surface area contributed by atoms with Crippen LogP contribution in [0.15, 0.2) is 18.2 Å². The second-order valence-corrected chi connectivity index (χ2v) is 3.85. The highest BCUT2D eigenvalue weighted by Gasteiger charge is 2.18. The molecule has 1 amide bonds. The first-order chi connectivity index (χ1) is 7.95. The highest BCUT2D eigenvalue weighted by Crippen LogP contribution is 2.21. The Labute approximate surface area is 102 Å². The van der Waals surface area contributed by atoms with Crippen molar-refractivity contribution in [3.8, 4) is 0 Å². The number of nitrogens with zero attached hydrogens (tertiary/aromatic N) is 1. The Kier molecular flexibility index (Phi) is 4.65. The van der Waals surface area contributed by atoms with Gasteiger partial charge in [0.05, 0.1) is 17.8 Å². The molecule has 1 rings (SSSR count). The van der Waals surface area contributed by atoms with Gasteiger partial charge in [-0.2, -0.15) is 0 Å². The molecule has 0 aliphatic rings. The Morgan fingerprint density at radius 3 is 2.76 bits per heavy atom. The lowest BCUT2D eigenvalue weighted by atomic mass is 10.1. The molecule has 0 radical (unpaired) electrons. The molecule has 94 valence electrons. The van der Waals surface area contributed by atoms with Crippen LogP contribution in [0.4, 0.5) is 14.5 Å². The summed E-state index contributed by atoms with van der Waals surface area (Å²) < 4.78 is 24.3. The van der Waals surface area contributed by atoms with E-state index in [9.17, 15) is 13.6 Å². The van der Waals surface area contributed by atoms with Crippen molar-refractivity contribution in [2.24, 2.45) is 5.84 Å². The zero-order chi connectivity index (χ0) is 13.0. The number of hydrogen-bond donors (Lipinski definition) is 2. The van der Waals surface area contributed by atoms with E-state index in [1.165, 1.54) is 19.2 Å². The van der Waals surface area contributed by atoms with Gasteiger partial charge in [0.15, 0.2) is 0 Å². The van der Waals surface area contributed by atoms with Crippen molar-refractivity contribution in [1.29, 1.82) is 0 Å². The molecule has 17 heavy (non-hydrogen) atoms. The molecule has 0 bridgehead atoms. The first-order valence-electron chi connectivity index (χ1n) is 4.75. The molecule has 1 aromatic rings. The van der Waals surface area contributed by atoms with Crippen LogP contribution in [0.25, 0.3) is 0 Å². The molecule has 0 aliphatic carbocycles. The number of amides is 1. The monoisotopic (exact) mass is 263 g/mol. The van der Waals surface area contributed by atoms with E-state index >= 15 is 0 Å². The van der Waals surface area contributed by atoms with Crippen LogP contribution in [0, 0.1) is 0 Å². The molecule has 4 nitrogen and oxygen atoms in total. The number of hydrogen-bond acceptors (Lipinski definition) is 3. The van der Waals surface area contributed by atoms with Crippen LogP contribution in [-0.2, 0) is 0 Å². The molecular weight excluding hydrogens is 252 g/mol. The van der Waals surface area contributed by atoms with Gasteiger partial charge in [-0.15, -0.1) is 0 Å². The Morgan fingerprint density at radius 2 is 2.24 bits per heavy atom. The van der Waals surface area contributed by atoms with Gasteiger partial charge in [0.25, 0.3) is 12.3 Å². The summed E-state index contributed by atoms with van der Waals surface area (Å²) in [6, 6.07) is 4.42. The van der Waals surface area contributed by atoms with Crippen LogP contribution in [-0.4, -0.2) is 30.8 Å². The normalized spacial score (nSPS) is 10.5. The fraction of sp³-hybridized carbons (Fsp3) is 0.300. The number of alkyl halides is 2. The van der Waals surface area contributed by atoms with E-state index in [0.29, 0.717) is 10.7 Å². The van der Waals surface area contributed by atoms with E-state index in [-0.39, 0.29) is 5.56 Å². The minimum Gasteiger partial charge on any atom is -0.336 e. The number of nitrogens with two attached hydrogens (primary N) is 1. The lowest BCUT2D eigenvalue weighted by molar-refractivity contribution is 0.0621. The van der Waals surface area contributed by atoms with Gasteiger partial charge in [-0.25, -0.2) is 8.78 Å². The number of nitrogens with one attached hydrogen (secondary N) is 1. The molecule has 0 spiro atoms. The van der Waals surface area contributed by atoms with Crippen LogP contribution in [0.1, 0.15) is 10.4 Å². The highest BCUT2D eigenvalue weighted by atomic mass is 35.5. The number of carbonyl (C=O) groups is 1. The minimum atomic E-state index is -2.59. The highest BCUT2D eigenvalue weighted by molar-refractivity contribution is 6.31. The van der Waals surface area contributed by atoms with Crippen molar-refractivity contribution in [1.82, 2.24) is 4.90 Å². The van der Waals surface area contributed by atoms with Crippen molar-refractivity contribution in [2.75, 3.05) is 19.0 Å². The summed E-state index contributed by atoms with van der Waals surface area (Å²) >= 11 is 5.74. The molecular formula is C10H12ClF2N3O. The third kappa shape index (κ3) is 3.54. The maximum absolute atomic E-state index is 12.2. The summed E-state index contributed by atoms with van der Waals surface area (Å²) in [6.07, 6.45) is -2.59. The van der Waals surface area contributed by atoms with Gasteiger partial charge in [0.2, 0.25) is 0 Å². The van der Waals surface area contributed by atoms with E-state index in [4.69, 9.17) is 17.4 Å². The van der Waals surface area contributed by atoms with Crippen LogP contribution >= 0.6 is 11.6 Å². The summed E-state index contributed by atoms with van der Waals surface area (Å²) in [5.74, 6) is 4.66. The molecule has 1 aromatic carbocycles. The molecule has 0 unspecified atom stereocenters. The van der Waals surface area contributed by atoms with E-state index in [1.807, 2.05) is 0 Å². The van der Waals surface area contributed by atoms with Gasteiger partial charge in [0, 0.05) is 12.1 Å². The molecule has 3 N–H and O–H groups in total. The largest absolute Gasteiger partial charge is 0.336 e. The topological polar surface area (TPSA) is 58.4 Å². The molecule has 7 heteroatoms. The maximum Gasteiger partial charge on any atom is 0.255 e. The third-order valence-corrected chi connectivity index (χ3v) is 2.36. The SMILES string of the molecule is CN(CC(F)F)C(=O)c1cc(Cl)ccc1NN. The van der Waals surface area contributed by atoms with Crippen molar-refractivity contribution in [3.63, 3.8) is 0 Å². The average Bonchev–Trinajstić information content (AvgIpc) is 2.27. The summed E-state index contributed by atoms with van der Waals surface area (Å²) in [7, 11) is 1.29. The van der Waals surface area contributed by atoms with Crippen LogP contribution in [0.2, 0.25) is 5.02 Å².